The van der Waals surface area contributed by atoms with Crippen LogP contribution in [-0.4, -0.2) is 56.2 Å². The molecule has 0 unspecified atom stereocenters. The van der Waals surface area contributed by atoms with Crippen LogP contribution in [0.2, 0.25) is 0 Å². The van der Waals surface area contributed by atoms with Crippen molar-refractivity contribution in [1.82, 2.24) is 0 Å². The van der Waals surface area contributed by atoms with Crippen molar-refractivity contribution in [1.29, 1.82) is 0 Å². The molecule has 0 aliphatic rings. The van der Waals surface area contributed by atoms with E-state index >= 15 is 0 Å². The Morgan fingerprint density at radius 2 is 1.24 bits per heavy atom. The summed E-state index contributed by atoms with van der Waals surface area (Å²) in [5.74, 6) is 0. The molecule has 0 spiro atoms. The summed E-state index contributed by atoms with van der Waals surface area (Å²) in [6.07, 6.45) is -17.2. The molecule has 16 heteroatoms. The van der Waals surface area contributed by atoms with Crippen molar-refractivity contribution in [2.45, 2.75) is 43.9 Å². The van der Waals surface area contributed by atoms with Gasteiger partial charge < -0.3 is 18.6 Å². The average molecular weight is 424 g/mol. The summed E-state index contributed by atoms with van der Waals surface area (Å²) in [6, 6.07) is 0. The van der Waals surface area contributed by atoms with Crippen LogP contribution in [0.25, 0.3) is 0 Å². The van der Waals surface area contributed by atoms with Crippen LogP contribution in [0.15, 0.2) is 0 Å². The van der Waals surface area contributed by atoms with Crippen molar-refractivity contribution in [3.8, 4) is 0 Å². The molecule has 0 aliphatic heterocycles. The molecule has 0 bridgehead atoms. The molecule has 0 aromatic carbocycles. The highest BCUT2D eigenvalue weighted by Gasteiger charge is 2.72. The largest absolute Gasteiger partial charge is 0.559 e. The van der Waals surface area contributed by atoms with Gasteiger partial charge >= 0.3 is 23.9 Å². The number of hydrogen-bond donors (Lipinski definition) is 2. The van der Waals surface area contributed by atoms with Gasteiger partial charge in [-0.1, -0.05) is 0 Å². The molecule has 0 saturated carbocycles. The second kappa shape index (κ2) is 7.50. The number of hydrogen-bond acceptors (Lipinski definition) is 3. The zero-order valence-corrected chi connectivity index (χ0v) is 13.4. The number of alkyl halides is 10. The van der Waals surface area contributed by atoms with E-state index in [2.05, 4.69) is 9.47 Å². The summed E-state index contributed by atoms with van der Waals surface area (Å²) >= 11 is 0. The Bertz CT molecular complexity index is 480. The third-order valence-corrected chi connectivity index (χ3v) is 3.18. The molecule has 0 aromatic rings. The summed E-state index contributed by atoms with van der Waals surface area (Å²) in [7, 11) is -7.10. The molecular formula is C9H14F10O5S. The maximum atomic E-state index is 13.0. The maximum absolute atomic E-state index is 13.0. The van der Waals surface area contributed by atoms with Gasteiger partial charge in [-0.3, -0.25) is 0 Å². The summed E-state index contributed by atoms with van der Waals surface area (Å²) in [6.45, 7) is -0.0644. The average Bonchev–Trinajstić information content (AvgIpc) is 2.19. The second-order valence-electron chi connectivity index (χ2n) is 4.79. The molecule has 0 atom stereocenters. The van der Waals surface area contributed by atoms with E-state index in [4.69, 9.17) is 9.11 Å². The van der Waals surface area contributed by atoms with Crippen molar-refractivity contribution in [2.75, 3.05) is 12.9 Å². The van der Waals surface area contributed by atoms with Gasteiger partial charge in [0.25, 0.3) is 0 Å². The van der Waals surface area contributed by atoms with E-state index < -0.39 is 52.5 Å². The summed E-state index contributed by atoms with van der Waals surface area (Å²) in [5, 5.41) is -6.00. The van der Waals surface area contributed by atoms with Crippen molar-refractivity contribution in [3.05, 3.63) is 0 Å². The first-order chi connectivity index (χ1) is 10.4. The molecule has 5 nitrogen and oxygen atoms in total. The number of halogens is 10. The van der Waals surface area contributed by atoms with Crippen LogP contribution in [0.5, 0.6) is 0 Å². The fourth-order valence-corrected chi connectivity index (χ4v) is 1.52. The lowest BCUT2D eigenvalue weighted by atomic mass is 10.5. The Labute approximate surface area is 134 Å². The van der Waals surface area contributed by atoms with Crippen molar-refractivity contribution in [3.63, 3.8) is 0 Å². The van der Waals surface area contributed by atoms with Gasteiger partial charge in [-0.05, 0) is 13.8 Å². The maximum Gasteiger partial charge on any atom is 0.559 e. The van der Waals surface area contributed by atoms with Crippen molar-refractivity contribution < 1.29 is 66.7 Å². The van der Waals surface area contributed by atoms with Gasteiger partial charge in [0.15, 0.2) is 9.63 Å². The molecular weight excluding hydrogens is 410 g/mol. The van der Waals surface area contributed by atoms with Crippen molar-refractivity contribution >= 4 is 9.63 Å². The Morgan fingerprint density at radius 3 is 1.48 bits per heavy atom. The molecule has 0 saturated heterocycles. The first kappa shape index (κ1) is 26.5. The zero-order chi connectivity index (χ0) is 21.1. The Balaban J connectivity index is 0. The van der Waals surface area contributed by atoms with Gasteiger partial charge in [-0.15, -0.1) is 17.6 Å². The smallest absolute Gasteiger partial charge is 0.316 e. The molecule has 0 aliphatic carbocycles. The highest BCUT2D eigenvalue weighted by Crippen LogP contribution is 2.47. The van der Waals surface area contributed by atoms with Crippen LogP contribution in [0.1, 0.15) is 13.8 Å². The van der Waals surface area contributed by atoms with E-state index in [9.17, 15) is 48.1 Å². The predicted octanol–water partition coefficient (Wildman–Crippen LogP) is 4.08. The lowest BCUT2D eigenvalue weighted by Crippen LogP contribution is -2.60. The van der Waals surface area contributed by atoms with Crippen molar-refractivity contribution in [2.24, 2.45) is 0 Å². The van der Waals surface area contributed by atoms with Crippen LogP contribution < -0.4 is 0 Å². The van der Waals surface area contributed by atoms with Gasteiger partial charge in [0.2, 0.25) is 0 Å². The van der Waals surface area contributed by atoms with E-state index in [1.54, 1.807) is 0 Å². The van der Waals surface area contributed by atoms with E-state index in [0.29, 0.717) is 0 Å². The third-order valence-electron chi connectivity index (χ3n) is 1.76. The molecule has 25 heavy (non-hydrogen) atoms. The van der Waals surface area contributed by atoms with E-state index in [-0.39, 0.29) is 0 Å². The van der Waals surface area contributed by atoms with E-state index in [0.717, 1.165) is 13.8 Å². The Hall–Kier alpha value is -0.710. The Morgan fingerprint density at radius 1 is 0.920 bits per heavy atom. The highest BCUT2D eigenvalue weighted by atomic mass is 32.3. The fourth-order valence-electron chi connectivity index (χ4n) is 0.911. The normalized spacial score (nSPS) is 16.1. The fraction of sp³-hybridized carbons (Fsp3) is 1.00. The minimum atomic E-state index is -7.10. The van der Waals surface area contributed by atoms with E-state index in [1.165, 1.54) is 0 Å². The van der Waals surface area contributed by atoms with Crippen LogP contribution in [0, 0.1) is 0 Å². The van der Waals surface area contributed by atoms with Gasteiger partial charge in [0.1, 0.15) is 6.61 Å². The SMILES string of the molecule is CC(C)OC(F)(F)COC(F)(F)C(F)(F)S(C)(=O)(O)O.FC(F)(F)F. The van der Waals surface area contributed by atoms with Crippen LogP contribution in [0.4, 0.5) is 43.9 Å². The predicted molar refractivity (Wildman–Crippen MR) is 63.5 cm³/mol. The lowest BCUT2D eigenvalue weighted by Gasteiger charge is -2.38. The van der Waals surface area contributed by atoms with Crippen LogP contribution >= 0.6 is 0 Å². The zero-order valence-electron chi connectivity index (χ0n) is 12.6. The highest BCUT2D eigenvalue weighted by molar-refractivity contribution is 8.10. The molecule has 0 fully saturated rings. The van der Waals surface area contributed by atoms with Crippen LogP contribution in [-0.2, 0) is 19.1 Å². The number of rotatable bonds is 7. The molecule has 2 N–H and O–H groups in total. The first-order valence-electron chi connectivity index (χ1n) is 5.72. The summed E-state index contributed by atoms with van der Waals surface area (Å²) < 4.78 is 151. The molecule has 0 amide bonds. The van der Waals surface area contributed by atoms with Gasteiger partial charge in [-0.25, -0.2) is 4.21 Å². The standard InChI is InChI=1S/C8H14F6O5S.CF4/c1-5(2)19-6(9,10)4-18-7(11,12)8(13,14)20(3,15,16)17;2-1(3,4)5/h5H,4H2,1-3H3,(H2,15,16,17);. The Kier molecular flexibility index (Phi) is 7.95. The molecule has 0 radical (unpaired) electrons. The molecule has 0 aromatic heterocycles. The minimum absolute atomic E-state index is 0.461. The van der Waals surface area contributed by atoms with E-state index in [1.807, 2.05) is 0 Å². The third kappa shape index (κ3) is 10.1. The monoisotopic (exact) mass is 424 g/mol. The molecule has 0 heterocycles. The van der Waals surface area contributed by atoms with Crippen LogP contribution in [0.3, 0.4) is 0 Å². The summed E-state index contributed by atoms with van der Waals surface area (Å²) in [5.41, 5.74) is 0. The second-order valence-corrected chi connectivity index (χ2v) is 7.77. The molecule has 156 valence electrons. The minimum Gasteiger partial charge on any atom is -0.316 e. The summed E-state index contributed by atoms with van der Waals surface area (Å²) in [4.78, 5) is 0. The molecule has 0 rings (SSSR count). The lowest BCUT2D eigenvalue weighted by molar-refractivity contribution is -0.367. The number of ether oxygens (including phenoxy) is 2. The topological polar surface area (TPSA) is 76.0 Å². The quantitative estimate of drug-likeness (QED) is 0.603. The van der Waals surface area contributed by atoms with Gasteiger partial charge in [0.05, 0.1) is 6.10 Å². The van der Waals surface area contributed by atoms with Gasteiger partial charge in [0, 0.05) is 6.26 Å². The first-order valence-corrected chi connectivity index (χ1v) is 8.01. The van der Waals surface area contributed by atoms with Gasteiger partial charge in [-0.2, -0.15) is 26.3 Å².